The number of aliphatic hydroxyl groups is 1. The van der Waals surface area contributed by atoms with Crippen LogP contribution in [-0.4, -0.2) is 49.5 Å². The molecule has 176 valence electrons. The maximum atomic E-state index is 12.0. The lowest BCUT2D eigenvalue weighted by Crippen LogP contribution is -2.43. The Morgan fingerprint density at radius 3 is 2.76 bits per heavy atom. The number of nitrogens with zero attached hydrogens (tertiary/aromatic N) is 4. The fourth-order valence-electron chi connectivity index (χ4n) is 4.25. The number of carbonyl (C=O) groups excluding carboxylic acids is 1. The average molecular weight is 453 g/mol. The molecule has 1 aromatic carbocycles. The molecule has 0 spiro atoms. The number of aliphatic hydroxyl groups excluding tert-OH is 1. The first kappa shape index (κ1) is 22.9. The van der Waals surface area contributed by atoms with Gasteiger partial charge in [-0.25, -0.2) is 0 Å². The van der Waals surface area contributed by atoms with Crippen LogP contribution in [-0.2, 0) is 6.54 Å². The highest BCUT2D eigenvalue weighted by atomic mass is 16.3. The van der Waals surface area contributed by atoms with E-state index in [-0.39, 0.29) is 35.6 Å². The van der Waals surface area contributed by atoms with Crippen LogP contribution in [0.2, 0.25) is 0 Å². The Kier molecular flexibility index (Phi) is 6.48. The molecule has 2 aromatic heterocycles. The third kappa shape index (κ3) is 5.07. The van der Waals surface area contributed by atoms with Gasteiger partial charge in [0.25, 0.3) is 5.91 Å². The number of nitrogens with two attached hydrogens (primary N) is 2. The van der Waals surface area contributed by atoms with Crippen molar-refractivity contribution in [2.24, 2.45) is 16.9 Å². The summed E-state index contributed by atoms with van der Waals surface area (Å²) in [4.78, 5) is 16.5. The average Bonchev–Trinajstić information content (AvgIpc) is 3.18. The lowest BCUT2D eigenvalue weighted by atomic mass is 9.91. The van der Waals surface area contributed by atoms with Gasteiger partial charge in [0.1, 0.15) is 0 Å². The summed E-state index contributed by atoms with van der Waals surface area (Å²) in [7, 11) is 0. The number of benzene rings is 1. The van der Waals surface area contributed by atoms with Gasteiger partial charge in [-0.05, 0) is 31.0 Å². The van der Waals surface area contributed by atoms with Crippen molar-refractivity contribution in [1.29, 1.82) is 0 Å². The maximum absolute atomic E-state index is 12.0. The van der Waals surface area contributed by atoms with Gasteiger partial charge in [0.15, 0.2) is 11.5 Å². The highest BCUT2D eigenvalue weighted by Gasteiger charge is 2.24. The first-order valence-corrected chi connectivity index (χ1v) is 11.3. The van der Waals surface area contributed by atoms with Crippen molar-refractivity contribution in [2.45, 2.75) is 58.2 Å². The monoisotopic (exact) mass is 452 g/mol. The van der Waals surface area contributed by atoms with Crippen LogP contribution >= 0.6 is 0 Å². The lowest BCUT2D eigenvalue weighted by Gasteiger charge is -2.29. The van der Waals surface area contributed by atoms with Crippen LogP contribution in [0.4, 0.5) is 17.5 Å². The molecule has 1 aliphatic carbocycles. The van der Waals surface area contributed by atoms with E-state index >= 15 is 0 Å². The Morgan fingerprint density at radius 2 is 2.03 bits per heavy atom. The van der Waals surface area contributed by atoms with E-state index in [4.69, 9.17) is 11.5 Å². The van der Waals surface area contributed by atoms with Crippen LogP contribution in [0.3, 0.4) is 0 Å². The summed E-state index contributed by atoms with van der Waals surface area (Å²) in [5.41, 5.74) is 13.2. The topological polar surface area (TPSA) is 157 Å². The first-order valence-electron chi connectivity index (χ1n) is 11.3. The predicted molar refractivity (Wildman–Crippen MR) is 128 cm³/mol. The highest BCUT2D eigenvalue weighted by molar-refractivity contribution is 5.99. The van der Waals surface area contributed by atoms with Crippen LogP contribution in [0, 0.1) is 5.41 Å². The van der Waals surface area contributed by atoms with Gasteiger partial charge in [0.2, 0.25) is 5.95 Å². The summed E-state index contributed by atoms with van der Waals surface area (Å²) in [6.45, 7) is 4.77. The van der Waals surface area contributed by atoms with Crippen LogP contribution in [0.15, 0.2) is 30.5 Å². The second kappa shape index (κ2) is 9.32. The number of primary amides is 1. The smallest absolute Gasteiger partial charge is 0.273 e. The highest BCUT2D eigenvalue weighted by Crippen LogP contribution is 2.30. The molecule has 1 fully saturated rings. The summed E-state index contributed by atoms with van der Waals surface area (Å²) in [5.74, 6) is -0.174. The minimum atomic E-state index is -0.715. The Morgan fingerprint density at radius 1 is 1.24 bits per heavy atom. The van der Waals surface area contributed by atoms with E-state index < -0.39 is 5.91 Å². The summed E-state index contributed by atoms with van der Waals surface area (Å²) < 4.78 is 2.10. The number of aromatic nitrogens is 4. The fraction of sp³-hybridized carbons (Fsp3) is 0.478. The molecule has 0 aliphatic heterocycles. The van der Waals surface area contributed by atoms with E-state index in [9.17, 15) is 9.90 Å². The van der Waals surface area contributed by atoms with Gasteiger partial charge < -0.3 is 31.8 Å². The lowest BCUT2D eigenvalue weighted by molar-refractivity contribution is 0.0995. The van der Waals surface area contributed by atoms with E-state index in [0.717, 1.165) is 42.3 Å². The fourth-order valence-corrected chi connectivity index (χ4v) is 4.25. The second-order valence-electron chi connectivity index (χ2n) is 9.53. The van der Waals surface area contributed by atoms with E-state index in [1.54, 1.807) is 0 Å². The van der Waals surface area contributed by atoms with Gasteiger partial charge in [0, 0.05) is 47.9 Å². The van der Waals surface area contributed by atoms with E-state index in [2.05, 4.69) is 30.4 Å². The molecule has 4 rings (SSSR count). The van der Waals surface area contributed by atoms with Crippen LogP contribution in [0.25, 0.3) is 10.9 Å². The molecule has 2 heterocycles. The molecule has 1 amide bonds. The Labute approximate surface area is 192 Å². The Hall–Kier alpha value is -3.24. The minimum absolute atomic E-state index is 0.0197. The second-order valence-corrected chi connectivity index (χ2v) is 9.53. The van der Waals surface area contributed by atoms with Gasteiger partial charge in [-0.1, -0.05) is 32.8 Å². The molecule has 0 unspecified atom stereocenters. The number of amides is 1. The summed E-state index contributed by atoms with van der Waals surface area (Å²) >= 11 is 0. The number of rotatable bonds is 8. The van der Waals surface area contributed by atoms with Gasteiger partial charge in [-0.15, -0.1) is 10.2 Å². The van der Waals surface area contributed by atoms with Crippen molar-refractivity contribution < 1.29 is 9.90 Å². The standard InChI is InChI=1S/C23H32N8O2/c1-23(2,13-32)12-31-11-10-14-16(8-5-9-18(14)31)26-21-19(20(25)33)29-30-22(28-21)27-17-7-4-3-6-15(17)24/h5,8-11,15,17,32H,3-4,6-7,12-13,24H2,1-2H3,(H2,25,33)(H2,26,27,28,30)/t15-,17+/m0/s1. The van der Waals surface area contributed by atoms with Crippen molar-refractivity contribution in [3.05, 3.63) is 36.2 Å². The predicted octanol–water partition coefficient (Wildman–Crippen LogP) is 2.37. The molecule has 7 N–H and O–H groups in total. The molecule has 0 saturated heterocycles. The van der Waals surface area contributed by atoms with Gasteiger partial charge in [0.05, 0.1) is 5.52 Å². The van der Waals surface area contributed by atoms with Gasteiger partial charge in [-0.3, -0.25) is 4.79 Å². The molecule has 33 heavy (non-hydrogen) atoms. The summed E-state index contributed by atoms with van der Waals surface area (Å²) in [5, 5.41) is 25.2. The molecular weight excluding hydrogens is 420 g/mol. The third-order valence-corrected chi connectivity index (χ3v) is 6.15. The number of anilines is 3. The summed E-state index contributed by atoms with van der Waals surface area (Å²) in [6, 6.07) is 7.90. The Bertz CT molecular complexity index is 1140. The molecule has 0 bridgehead atoms. The first-order chi connectivity index (χ1) is 15.8. The van der Waals surface area contributed by atoms with Crippen molar-refractivity contribution >= 4 is 34.3 Å². The number of carbonyl (C=O) groups is 1. The summed E-state index contributed by atoms with van der Waals surface area (Å²) in [6.07, 6.45) is 6.07. The Balaban J connectivity index is 1.65. The SMILES string of the molecule is CC(C)(CO)Cn1ccc2c(Nc3nc(N[C@@H]4CCCC[C@@H]4N)nnc3C(N)=O)cccc21. The zero-order valence-corrected chi connectivity index (χ0v) is 19.1. The van der Waals surface area contributed by atoms with Crippen LogP contribution in [0.5, 0.6) is 0 Å². The van der Waals surface area contributed by atoms with Gasteiger partial charge in [-0.2, -0.15) is 4.98 Å². The number of hydrogen-bond donors (Lipinski definition) is 5. The van der Waals surface area contributed by atoms with Crippen molar-refractivity contribution in [2.75, 3.05) is 17.2 Å². The molecule has 1 aliphatic rings. The van der Waals surface area contributed by atoms with Crippen molar-refractivity contribution in [1.82, 2.24) is 19.7 Å². The minimum Gasteiger partial charge on any atom is -0.396 e. The molecular formula is C23H32N8O2. The van der Waals surface area contributed by atoms with Gasteiger partial charge >= 0.3 is 0 Å². The van der Waals surface area contributed by atoms with E-state index in [1.807, 2.05) is 44.3 Å². The molecule has 1 saturated carbocycles. The largest absolute Gasteiger partial charge is 0.396 e. The van der Waals surface area contributed by atoms with Crippen LogP contribution < -0.4 is 22.1 Å². The van der Waals surface area contributed by atoms with Crippen LogP contribution in [0.1, 0.15) is 50.0 Å². The van der Waals surface area contributed by atoms with Crippen molar-refractivity contribution in [3.8, 4) is 0 Å². The zero-order chi connectivity index (χ0) is 23.6. The number of hydrogen-bond acceptors (Lipinski definition) is 8. The van der Waals surface area contributed by atoms with E-state index in [1.165, 1.54) is 0 Å². The number of fused-ring (bicyclic) bond motifs is 1. The number of nitrogens with one attached hydrogen (secondary N) is 2. The van der Waals surface area contributed by atoms with Crippen molar-refractivity contribution in [3.63, 3.8) is 0 Å². The quantitative estimate of drug-likeness (QED) is 0.348. The maximum Gasteiger partial charge on any atom is 0.273 e. The zero-order valence-electron chi connectivity index (χ0n) is 19.1. The van der Waals surface area contributed by atoms with E-state index in [0.29, 0.717) is 12.5 Å². The molecule has 10 nitrogen and oxygen atoms in total. The normalized spacial score (nSPS) is 18.9. The molecule has 2 atom stereocenters. The third-order valence-electron chi connectivity index (χ3n) is 6.15. The molecule has 10 heteroatoms. The molecule has 0 radical (unpaired) electrons. The molecule has 3 aromatic rings.